The molecule has 0 aliphatic carbocycles. The molecule has 2 aliphatic rings. The summed E-state index contributed by atoms with van der Waals surface area (Å²) in [6.45, 7) is 8.61. The molecule has 2 aliphatic heterocycles. The number of nitrogens with one attached hydrogen (secondary N) is 4. The molecule has 4 unspecified atom stereocenters. The SMILES string of the molecule is CC1NC(=O)C(C(C)C)NC(=O)CCNCCC=Cc2ccc3ccc(nc3c2)C(C)OC(=O)C2CCCN(N2)C1=O. The molecule has 1 saturated heterocycles. The standard InChI is InChI=1S/C31H42N6O5/c1-19(2)28-29(39)33-20(3)30(40)37-17-7-9-25(36-37)31(41)42-21(4)24-13-12-23-11-10-22(18-26(23)34-24)8-5-6-15-32-16-14-27(38)35-28/h5,8,10-13,18-21,25,28,32,36H,6-7,9,14-17H2,1-4H3,(H,33,39)(H,35,38). The Morgan fingerprint density at radius 2 is 1.81 bits per heavy atom. The highest BCUT2D eigenvalue weighted by molar-refractivity contribution is 5.92. The van der Waals surface area contributed by atoms with Gasteiger partial charge in [-0.1, -0.05) is 44.2 Å². The number of hydrogen-bond donors (Lipinski definition) is 4. The van der Waals surface area contributed by atoms with Gasteiger partial charge in [0.2, 0.25) is 11.8 Å². The third-order valence-electron chi connectivity index (χ3n) is 7.51. The van der Waals surface area contributed by atoms with E-state index in [0.29, 0.717) is 38.2 Å². The van der Waals surface area contributed by atoms with Crippen LogP contribution in [0.2, 0.25) is 0 Å². The molecule has 3 heterocycles. The van der Waals surface area contributed by atoms with E-state index in [-0.39, 0.29) is 24.2 Å². The van der Waals surface area contributed by atoms with Crippen molar-refractivity contribution in [2.75, 3.05) is 19.6 Å². The number of cyclic esters (lactones) is 1. The van der Waals surface area contributed by atoms with E-state index in [4.69, 9.17) is 9.72 Å². The van der Waals surface area contributed by atoms with Crippen LogP contribution in [-0.2, 0) is 23.9 Å². The van der Waals surface area contributed by atoms with E-state index in [0.717, 1.165) is 22.9 Å². The molecule has 4 rings (SSSR count). The van der Waals surface area contributed by atoms with Crippen LogP contribution >= 0.6 is 0 Å². The van der Waals surface area contributed by atoms with Crippen LogP contribution < -0.4 is 21.4 Å². The molecule has 11 heteroatoms. The van der Waals surface area contributed by atoms with Crippen molar-refractivity contribution < 1.29 is 23.9 Å². The van der Waals surface area contributed by atoms with Gasteiger partial charge in [-0.2, -0.15) is 0 Å². The van der Waals surface area contributed by atoms with Crippen molar-refractivity contribution in [1.29, 1.82) is 0 Å². The lowest BCUT2D eigenvalue weighted by molar-refractivity contribution is -0.157. The van der Waals surface area contributed by atoms with Crippen molar-refractivity contribution in [1.82, 2.24) is 31.4 Å². The number of aromatic nitrogens is 1. The van der Waals surface area contributed by atoms with Gasteiger partial charge < -0.3 is 20.7 Å². The van der Waals surface area contributed by atoms with E-state index in [9.17, 15) is 19.2 Å². The van der Waals surface area contributed by atoms with E-state index in [1.807, 2.05) is 50.3 Å². The van der Waals surface area contributed by atoms with Crippen molar-refractivity contribution in [2.45, 2.75) is 77.6 Å². The number of ether oxygens (including phenoxy) is 1. The summed E-state index contributed by atoms with van der Waals surface area (Å²) < 4.78 is 5.77. The van der Waals surface area contributed by atoms with Gasteiger partial charge in [-0.15, -0.1) is 0 Å². The van der Waals surface area contributed by atoms with Crippen LogP contribution in [0.3, 0.4) is 0 Å². The molecule has 3 amide bonds. The highest BCUT2D eigenvalue weighted by Crippen LogP contribution is 2.22. The summed E-state index contributed by atoms with van der Waals surface area (Å²) in [5.41, 5.74) is 5.42. The first-order valence-electron chi connectivity index (χ1n) is 14.8. The number of carbonyl (C=O) groups is 4. The minimum Gasteiger partial charge on any atom is -0.455 e. The van der Waals surface area contributed by atoms with Crippen LogP contribution in [-0.4, -0.2) is 71.4 Å². The summed E-state index contributed by atoms with van der Waals surface area (Å²) in [6, 6.07) is 7.48. The number of pyridine rings is 1. The number of hydrazine groups is 1. The van der Waals surface area contributed by atoms with Crippen molar-refractivity contribution in [3.05, 3.63) is 47.7 Å². The van der Waals surface area contributed by atoms with Crippen molar-refractivity contribution in [3.63, 3.8) is 0 Å². The highest BCUT2D eigenvalue weighted by Gasteiger charge is 2.33. The smallest absolute Gasteiger partial charge is 0.325 e. The fraction of sp³-hybridized carbons (Fsp3) is 0.516. The van der Waals surface area contributed by atoms with Gasteiger partial charge in [0.1, 0.15) is 24.2 Å². The molecule has 1 aromatic heterocycles. The minimum atomic E-state index is -0.868. The maximum absolute atomic E-state index is 13.2. The maximum Gasteiger partial charge on any atom is 0.325 e. The molecule has 0 saturated carbocycles. The van der Waals surface area contributed by atoms with Gasteiger partial charge in [0.25, 0.3) is 5.91 Å². The van der Waals surface area contributed by atoms with Crippen LogP contribution in [0.15, 0.2) is 36.4 Å². The summed E-state index contributed by atoms with van der Waals surface area (Å²) in [5, 5.41) is 11.1. The second-order valence-electron chi connectivity index (χ2n) is 11.3. The Bertz CT molecular complexity index is 1330. The van der Waals surface area contributed by atoms with Crippen LogP contribution in [0.1, 0.15) is 70.7 Å². The molecular formula is C31H42N6O5. The Hall–Kier alpha value is -3.83. The van der Waals surface area contributed by atoms with Gasteiger partial charge in [0.15, 0.2) is 0 Å². The Morgan fingerprint density at radius 1 is 1.02 bits per heavy atom. The second-order valence-corrected chi connectivity index (χ2v) is 11.3. The lowest BCUT2D eigenvalue weighted by Gasteiger charge is -2.35. The van der Waals surface area contributed by atoms with Gasteiger partial charge >= 0.3 is 5.97 Å². The molecular weight excluding hydrogens is 536 g/mol. The first-order chi connectivity index (χ1) is 20.1. The molecule has 42 heavy (non-hydrogen) atoms. The summed E-state index contributed by atoms with van der Waals surface area (Å²) in [5.74, 6) is -1.71. The van der Waals surface area contributed by atoms with Crippen LogP contribution in [0.5, 0.6) is 0 Å². The maximum atomic E-state index is 13.2. The number of hydrogen-bond acceptors (Lipinski definition) is 8. The number of nitrogens with zero attached hydrogens (tertiary/aromatic N) is 2. The van der Waals surface area contributed by atoms with Gasteiger partial charge in [-0.3, -0.25) is 24.2 Å². The van der Waals surface area contributed by atoms with Gasteiger partial charge in [-0.05, 0) is 63.3 Å². The summed E-state index contributed by atoms with van der Waals surface area (Å²) in [4.78, 5) is 56.7. The minimum absolute atomic E-state index is 0.180. The molecule has 11 nitrogen and oxygen atoms in total. The zero-order chi connectivity index (χ0) is 30.2. The molecule has 2 aromatic rings. The molecule has 4 N–H and O–H groups in total. The first kappa shape index (κ1) is 31.1. The lowest BCUT2D eigenvalue weighted by Crippen LogP contribution is -2.61. The molecule has 0 spiro atoms. The zero-order valence-corrected chi connectivity index (χ0v) is 24.8. The summed E-state index contributed by atoms with van der Waals surface area (Å²) >= 11 is 0. The van der Waals surface area contributed by atoms with Gasteiger partial charge in [-0.25, -0.2) is 10.4 Å². The number of amides is 3. The van der Waals surface area contributed by atoms with Crippen LogP contribution in [0, 0.1) is 5.92 Å². The largest absolute Gasteiger partial charge is 0.455 e. The third kappa shape index (κ3) is 8.13. The fourth-order valence-electron chi connectivity index (χ4n) is 5.02. The molecule has 1 aromatic carbocycles. The zero-order valence-electron chi connectivity index (χ0n) is 24.8. The quantitative estimate of drug-likeness (QED) is 0.378. The predicted octanol–water partition coefficient (Wildman–Crippen LogP) is 2.38. The Kier molecular flexibility index (Phi) is 10.6. The molecule has 226 valence electrons. The second kappa shape index (κ2) is 14.4. The van der Waals surface area contributed by atoms with Crippen molar-refractivity contribution >= 4 is 40.7 Å². The Labute approximate surface area is 246 Å². The monoisotopic (exact) mass is 578 g/mol. The van der Waals surface area contributed by atoms with Crippen LogP contribution in [0.4, 0.5) is 0 Å². The predicted molar refractivity (Wildman–Crippen MR) is 160 cm³/mol. The average Bonchev–Trinajstić information content (AvgIpc) is 2.97. The van der Waals surface area contributed by atoms with E-state index >= 15 is 0 Å². The lowest BCUT2D eigenvalue weighted by atomic mass is 10.0. The number of benzene rings is 1. The number of esters is 1. The first-order valence-corrected chi connectivity index (χ1v) is 14.8. The number of carbonyl (C=O) groups excluding carboxylic acids is 4. The highest BCUT2D eigenvalue weighted by atomic mass is 16.5. The van der Waals surface area contributed by atoms with E-state index < -0.39 is 36.1 Å². The molecule has 1 fully saturated rings. The topological polar surface area (TPSA) is 142 Å². The normalized spacial score (nSPS) is 25.6. The van der Waals surface area contributed by atoms with E-state index in [1.165, 1.54) is 5.01 Å². The molecule has 4 atom stereocenters. The average molecular weight is 579 g/mol. The van der Waals surface area contributed by atoms with Crippen LogP contribution in [0.25, 0.3) is 17.0 Å². The third-order valence-corrected chi connectivity index (χ3v) is 7.51. The summed E-state index contributed by atoms with van der Waals surface area (Å²) in [7, 11) is 0. The fourth-order valence-corrected chi connectivity index (χ4v) is 5.02. The Balaban J connectivity index is 1.53. The Morgan fingerprint density at radius 3 is 2.60 bits per heavy atom. The van der Waals surface area contributed by atoms with Crippen molar-refractivity contribution in [3.8, 4) is 0 Å². The number of fused-ring (bicyclic) bond motifs is 4. The number of rotatable bonds is 1. The molecule has 5 bridgehead atoms. The van der Waals surface area contributed by atoms with Crippen molar-refractivity contribution in [2.24, 2.45) is 5.92 Å². The molecule has 0 radical (unpaired) electrons. The van der Waals surface area contributed by atoms with E-state index in [2.05, 4.69) is 27.5 Å². The van der Waals surface area contributed by atoms with Gasteiger partial charge in [0.05, 0.1) is 11.2 Å². The summed E-state index contributed by atoms with van der Waals surface area (Å²) in [6.07, 6.45) is 5.60. The van der Waals surface area contributed by atoms with Gasteiger partial charge in [0, 0.05) is 24.9 Å². The van der Waals surface area contributed by atoms with E-state index in [1.54, 1.807) is 13.8 Å².